The number of aliphatic carboxylic acids is 1. The Morgan fingerprint density at radius 3 is 2.57 bits per heavy atom. The van der Waals surface area contributed by atoms with E-state index in [0.717, 1.165) is 31.2 Å². The molecule has 1 N–H and O–H groups in total. The maximum Gasteiger partial charge on any atom is 0.326 e. The van der Waals surface area contributed by atoms with Crippen molar-refractivity contribution in [3.63, 3.8) is 0 Å². The van der Waals surface area contributed by atoms with Crippen LogP contribution in [0.5, 0.6) is 0 Å². The minimum Gasteiger partial charge on any atom is -0.480 e. The van der Waals surface area contributed by atoms with E-state index >= 15 is 0 Å². The zero-order valence-corrected chi connectivity index (χ0v) is 13.4. The van der Waals surface area contributed by atoms with Gasteiger partial charge in [0.25, 0.3) is 5.91 Å². The smallest absolute Gasteiger partial charge is 0.326 e. The van der Waals surface area contributed by atoms with Crippen molar-refractivity contribution in [1.29, 1.82) is 0 Å². The predicted molar refractivity (Wildman–Crippen MR) is 85.1 cm³/mol. The van der Waals surface area contributed by atoms with E-state index in [1.54, 1.807) is 24.1 Å². The SMILES string of the molecule is COCc1ccc(C(=O)N2[C@H](C(=O)O)C[C@H]3CCCC[C@@H]32)cc1. The maximum absolute atomic E-state index is 12.9. The van der Waals surface area contributed by atoms with Gasteiger partial charge in [0.1, 0.15) is 6.04 Å². The van der Waals surface area contributed by atoms with E-state index in [1.165, 1.54) is 0 Å². The van der Waals surface area contributed by atoms with Crippen LogP contribution in [0.4, 0.5) is 0 Å². The third-order valence-corrected chi connectivity index (χ3v) is 5.12. The van der Waals surface area contributed by atoms with Gasteiger partial charge in [-0.2, -0.15) is 0 Å². The monoisotopic (exact) mass is 317 g/mol. The minimum absolute atomic E-state index is 0.0796. The van der Waals surface area contributed by atoms with E-state index in [0.29, 0.717) is 24.5 Å². The number of carbonyl (C=O) groups is 2. The summed E-state index contributed by atoms with van der Waals surface area (Å²) in [6.07, 6.45) is 4.76. The summed E-state index contributed by atoms with van der Waals surface area (Å²) in [7, 11) is 1.63. The summed E-state index contributed by atoms with van der Waals surface area (Å²) >= 11 is 0. The number of methoxy groups -OCH3 is 1. The number of carboxylic acid groups (broad SMARTS) is 1. The van der Waals surface area contributed by atoms with Gasteiger partial charge in [-0.3, -0.25) is 4.79 Å². The molecule has 5 nitrogen and oxygen atoms in total. The summed E-state index contributed by atoms with van der Waals surface area (Å²) in [5.41, 5.74) is 1.55. The predicted octanol–water partition coefficient (Wildman–Crippen LogP) is 2.69. The summed E-state index contributed by atoms with van der Waals surface area (Å²) in [5, 5.41) is 9.53. The van der Waals surface area contributed by atoms with Gasteiger partial charge in [0, 0.05) is 18.7 Å². The Morgan fingerprint density at radius 2 is 1.91 bits per heavy atom. The molecular formula is C18H23NO4. The largest absolute Gasteiger partial charge is 0.480 e. The average molecular weight is 317 g/mol. The number of rotatable bonds is 4. The topological polar surface area (TPSA) is 66.8 Å². The van der Waals surface area contributed by atoms with Crippen LogP contribution in [0.2, 0.25) is 0 Å². The Bertz CT molecular complexity index is 583. The van der Waals surface area contributed by atoms with Crippen molar-refractivity contribution in [1.82, 2.24) is 4.90 Å². The molecule has 1 saturated carbocycles. The molecule has 1 aromatic rings. The van der Waals surface area contributed by atoms with Gasteiger partial charge in [-0.15, -0.1) is 0 Å². The summed E-state index contributed by atoms with van der Waals surface area (Å²) in [5.74, 6) is -0.707. The molecule has 3 rings (SSSR count). The fourth-order valence-electron chi connectivity index (χ4n) is 4.03. The van der Waals surface area contributed by atoms with Gasteiger partial charge in [-0.1, -0.05) is 25.0 Å². The molecule has 2 fully saturated rings. The van der Waals surface area contributed by atoms with Gasteiger partial charge < -0.3 is 14.7 Å². The van der Waals surface area contributed by atoms with Crippen molar-refractivity contribution in [3.8, 4) is 0 Å². The molecule has 124 valence electrons. The number of amides is 1. The van der Waals surface area contributed by atoms with Crippen LogP contribution in [0, 0.1) is 5.92 Å². The molecule has 5 heteroatoms. The number of carboxylic acids is 1. The number of ether oxygens (including phenoxy) is 1. The van der Waals surface area contributed by atoms with Gasteiger partial charge in [0.15, 0.2) is 0 Å². The van der Waals surface area contributed by atoms with Gasteiger partial charge in [-0.05, 0) is 42.9 Å². The summed E-state index contributed by atoms with van der Waals surface area (Å²) in [4.78, 5) is 26.2. The van der Waals surface area contributed by atoms with Crippen LogP contribution in [0.25, 0.3) is 0 Å². The molecule has 3 atom stereocenters. The number of fused-ring (bicyclic) bond motifs is 1. The van der Waals surface area contributed by atoms with E-state index in [-0.39, 0.29) is 11.9 Å². The molecule has 1 aliphatic carbocycles. The molecule has 0 unspecified atom stereocenters. The Hall–Kier alpha value is -1.88. The van der Waals surface area contributed by atoms with Crippen LogP contribution >= 0.6 is 0 Å². The van der Waals surface area contributed by atoms with Crippen molar-refractivity contribution in [3.05, 3.63) is 35.4 Å². The van der Waals surface area contributed by atoms with Crippen LogP contribution in [0.3, 0.4) is 0 Å². The standard InChI is InChI=1S/C18H23NO4/c1-23-11-12-6-8-13(9-7-12)17(20)19-15-5-3-2-4-14(15)10-16(19)18(21)22/h6-9,14-16H,2-5,10-11H2,1H3,(H,21,22)/t14-,15+,16+/m1/s1. The minimum atomic E-state index is -0.885. The molecule has 1 aromatic carbocycles. The zero-order chi connectivity index (χ0) is 16.4. The normalized spacial score (nSPS) is 26.8. The number of carbonyl (C=O) groups excluding carboxylic acids is 1. The molecule has 0 spiro atoms. The molecule has 1 heterocycles. The first-order chi connectivity index (χ1) is 11.1. The molecule has 0 aromatic heterocycles. The number of nitrogens with zero attached hydrogens (tertiary/aromatic N) is 1. The second-order valence-corrected chi connectivity index (χ2v) is 6.54. The highest BCUT2D eigenvalue weighted by molar-refractivity contribution is 5.97. The summed E-state index contributed by atoms with van der Waals surface area (Å²) in [6.45, 7) is 0.501. The molecule has 0 bridgehead atoms. The fraction of sp³-hybridized carbons (Fsp3) is 0.556. The van der Waals surface area contributed by atoms with E-state index in [9.17, 15) is 14.7 Å². The number of hydrogen-bond acceptors (Lipinski definition) is 3. The third-order valence-electron chi connectivity index (χ3n) is 5.12. The highest BCUT2D eigenvalue weighted by atomic mass is 16.5. The quantitative estimate of drug-likeness (QED) is 0.927. The van der Waals surface area contributed by atoms with Crippen molar-refractivity contribution < 1.29 is 19.4 Å². The first kappa shape index (κ1) is 16.0. The van der Waals surface area contributed by atoms with E-state index in [1.807, 2.05) is 12.1 Å². The van der Waals surface area contributed by atoms with Gasteiger partial charge >= 0.3 is 5.97 Å². The Labute approximate surface area is 136 Å². The molecule has 1 saturated heterocycles. The lowest BCUT2D eigenvalue weighted by Crippen LogP contribution is -2.46. The second kappa shape index (κ2) is 6.71. The van der Waals surface area contributed by atoms with Gasteiger partial charge in [0.05, 0.1) is 6.61 Å². The van der Waals surface area contributed by atoms with Gasteiger partial charge in [0.2, 0.25) is 0 Å². The molecule has 1 amide bonds. The lowest BCUT2D eigenvalue weighted by Gasteiger charge is -2.33. The molecule has 2 aliphatic rings. The van der Waals surface area contributed by atoms with Crippen LogP contribution in [0.1, 0.15) is 48.0 Å². The van der Waals surface area contributed by atoms with E-state index in [2.05, 4.69) is 0 Å². The average Bonchev–Trinajstić information content (AvgIpc) is 2.95. The lowest BCUT2D eigenvalue weighted by molar-refractivity contribution is -0.141. The molecular weight excluding hydrogens is 294 g/mol. The van der Waals surface area contributed by atoms with Crippen molar-refractivity contribution in [2.24, 2.45) is 5.92 Å². The maximum atomic E-state index is 12.9. The first-order valence-corrected chi connectivity index (χ1v) is 8.25. The first-order valence-electron chi connectivity index (χ1n) is 8.25. The highest BCUT2D eigenvalue weighted by Crippen LogP contribution is 2.40. The van der Waals surface area contributed by atoms with Crippen molar-refractivity contribution in [2.75, 3.05) is 7.11 Å². The van der Waals surface area contributed by atoms with Crippen LogP contribution < -0.4 is 0 Å². The number of hydrogen-bond donors (Lipinski definition) is 1. The fourth-order valence-corrected chi connectivity index (χ4v) is 4.03. The molecule has 0 radical (unpaired) electrons. The lowest BCUT2D eigenvalue weighted by atomic mass is 9.84. The molecule has 23 heavy (non-hydrogen) atoms. The zero-order valence-electron chi connectivity index (χ0n) is 13.4. The van der Waals surface area contributed by atoms with Crippen molar-refractivity contribution >= 4 is 11.9 Å². The second-order valence-electron chi connectivity index (χ2n) is 6.54. The third kappa shape index (κ3) is 3.11. The van der Waals surface area contributed by atoms with Crippen LogP contribution in [-0.4, -0.2) is 41.1 Å². The number of benzene rings is 1. The summed E-state index contributed by atoms with van der Waals surface area (Å²) in [6, 6.07) is 6.66. The highest BCUT2D eigenvalue weighted by Gasteiger charge is 2.47. The molecule has 1 aliphatic heterocycles. The van der Waals surface area contributed by atoms with Crippen LogP contribution in [-0.2, 0) is 16.1 Å². The van der Waals surface area contributed by atoms with Crippen LogP contribution in [0.15, 0.2) is 24.3 Å². The Kier molecular flexibility index (Phi) is 4.66. The van der Waals surface area contributed by atoms with Crippen molar-refractivity contribution in [2.45, 2.75) is 50.8 Å². The Morgan fingerprint density at radius 1 is 1.22 bits per heavy atom. The Balaban J connectivity index is 1.84. The van der Waals surface area contributed by atoms with Gasteiger partial charge in [-0.25, -0.2) is 4.79 Å². The summed E-state index contributed by atoms with van der Waals surface area (Å²) < 4.78 is 5.07. The number of likely N-dealkylation sites (tertiary alicyclic amines) is 1. The van der Waals surface area contributed by atoms with E-state index in [4.69, 9.17) is 4.74 Å². The van der Waals surface area contributed by atoms with E-state index < -0.39 is 12.0 Å².